The highest BCUT2D eigenvalue weighted by Gasteiger charge is 2.40. The molecule has 0 N–H and O–H groups in total. The normalized spacial score (nSPS) is 24.5. The average molecular weight is 245 g/mol. The van der Waals surface area contributed by atoms with Crippen LogP contribution in [-0.2, 0) is 14.2 Å². The first kappa shape index (κ1) is 14.1. The first-order chi connectivity index (χ1) is 7.80. The summed E-state index contributed by atoms with van der Waals surface area (Å²) in [6.45, 7) is 9.35. The monoisotopic (exact) mass is 245 g/mol. The Balaban J connectivity index is 2.56. The van der Waals surface area contributed by atoms with E-state index in [2.05, 4.69) is 6.58 Å². The van der Waals surface area contributed by atoms with Gasteiger partial charge in [0, 0.05) is 4.92 Å². The Morgan fingerprint density at radius 1 is 1.71 bits per heavy atom. The molecule has 0 aromatic rings. The third-order valence-corrected chi connectivity index (χ3v) is 2.32. The van der Waals surface area contributed by atoms with Crippen molar-refractivity contribution in [2.24, 2.45) is 0 Å². The quantitative estimate of drug-likeness (QED) is 0.401. The summed E-state index contributed by atoms with van der Waals surface area (Å²) in [5, 5.41) is 10.6. The highest BCUT2D eigenvalue weighted by molar-refractivity contribution is 4.89. The molecule has 0 radical (unpaired) electrons. The lowest BCUT2D eigenvalue weighted by Crippen LogP contribution is -2.38. The van der Waals surface area contributed by atoms with E-state index < -0.39 is 22.9 Å². The van der Waals surface area contributed by atoms with Gasteiger partial charge in [-0.05, 0) is 20.8 Å². The lowest BCUT2D eigenvalue weighted by Gasteiger charge is -2.22. The molecule has 1 fully saturated rings. The van der Waals surface area contributed by atoms with E-state index in [1.807, 2.05) is 0 Å². The van der Waals surface area contributed by atoms with Gasteiger partial charge in [0.05, 0.1) is 13.2 Å². The molecule has 0 spiro atoms. The van der Waals surface area contributed by atoms with Crippen molar-refractivity contribution in [1.82, 2.24) is 0 Å². The molecular formula is C11H19NO5. The molecule has 0 unspecified atom stereocenters. The van der Waals surface area contributed by atoms with Gasteiger partial charge < -0.3 is 14.2 Å². The molecule has 0 amide bonds. The summed E-state index contributed by atoms with van der Waals surface area (Å²) in [6.07, 6.45) is -1.02. The molecule has 1 saturated heterocycles. The second-order valence-corrected chi connectivity index (χ2v) is 4.69. The molecule has 0 bridgehead atoms. The predicted octanol–water partition coefficient (Wildman–Crippen LogP) is 1.38. The molecule has 0 aromatic heterocycles. The maximum Gasteiger partial charge on any atom is 0.232 e. The Morgan fingerprint density at radius 2 is 2.35 bits per heavy atom. The lowest BCUT2D eigenvalue weighted by atomic mass is 10.2. The van der Waals surface area contributed by atoms with Crippen LogP contribution >= 0.6 is 0 Å². The van der Waals surface area contributed by atoms with Gasteiger partial charge in [-0.2, -0.15) is 0 Å². The van der Waals surface area contributed by atoms with E-state index in [1.165, 1.54) is 0 Å². The van der Waals surface area contributed by atoms with Crippen LogP contribution in [0.1, 0.15) is 20.8 Å². The summed E-state index contributed by atoms with van der Waals surface area (Å²) in [7, 11) is 0. The van der Waals surface area contributed by atoms with Gasteiger partial charge >= 0.3 is 0 Å². The first-order valence-corrected chi connectivity index (χ1v) is 5.50. The molecule has 98 valence electrons. The van der Waals surface area contributed by atoms with Crippen LogP contribution in [0.4, 0.5) is 0 Å². The largest absolute Gasteiger partial charge is 0.364 e. The zero-order chi connectivity index (χ0) is 13.1. The standard InChI is InChI=1S/C11H19NO5/c1-8(2)6-15-9(5-12(13)14)10-7-16-11(3,4)17-10/h9-10H,1,5-7H2,2-4H3/t9-,10-/m0/s1. The predicted molar refractivity (Wildman–Crippen MR) is 61.3 cm³/mol. The minimum absolute atomic E-state index is 0.290. The zero-order valence-electron chi connectivity index (χ0n) is 10.5. The fourth-order valence-electron chi connectivity index (χ4n) is 1.57. The summed E-state index contributed by atoms with van der Waals surface area (Å²) in [4.78, 5) is 10.2. The number of hydrogen-bond acceptors (Lipinski definition) is 5. The summed E-state index contributed by atoms with van der Waals surface area (Å²) >= 11 is 0. The van der Waals surface area contributed by atoms with Gasteiger partial charge in [0.25, 0.3) is 0 Å². The molecule has 6 heteroatoms. The molecule has 2 atom stereocenters. The molecule has 1 aliphatic heterocycles. The maximum atomic E-state index is 10.6. The molecule has 1 aliphatic rings. The number of nitrogens with zero attached hydrogens (tertiary/aromatic N) is 1. The van der Waals surface area contributed by atoms with E-state index in [-0.39, 0.29) is 6.54 Å². The zero-order valence-corrected chi connectivity index (χ0v) is 10.5. The summed E-state index contributed by atoms with van der Waals surface area (Å²) in [6, 6.07) is 0. The highest BCUT2D eigenvalue weighted by atomic mass is 16.7. The molecular weight excluding hydrogens is 226 g/mol. The molecule has 0 saturated carbocycles. The first-order valence-electron chi connectivity index (χ1n) is 5.50. The van der Waals surface area contributed by atoms with Crippen LogP contribution in [0.3, 0.4) is 0 Å². The van der Waals surface area contributed by atoms with Crippen molar-refractivity contribution in [2.45, 2.75) is 38.8 Å². The molecule has 0 aliphatic carbocycles. The fraction of sp³-hybridized carbons (Fsp3) is 0.818. The van der Waals surface area contributed by atoms with Crippen LogP contribution in [0.5, 0.6) is 0 Å². The van der Waals surface area contributed by atoms with E-state index in [4.69, 9.17) is 14.2 Å². The van der Waals surface area contributed by atoms with Crippen LogP contribution in [0, 0.1) is 10.1 Å². The van der Waals surface area contributed by atoms with E-state index >= 15 is 0 Å². The van der Waals surface area contributed by atoms with Crippen LogP contribution in [0.15, 0.2) is 12.2 Å². The van der Waals surface area contributed by atoms with Crippen LogP contribution < -0.4 is 0 Å². The third kappa shape index (κ3) is 4.80. The fourth-order valence-corrected chi connectivity index (χ4v) is 1.57. The number of nitro groups is 1. The van der Waals surface area contributed by atoms with Crippen LogP contribution in [-0.4, -0.2) is 42.7 Å². The smallest absolute Gasteiger partial charge is 0.232 e. The number of ether oxygens (including phenoxy) is 3. The van der Waals surface area contributed by atoms with Crippen molar-refractivity contribution in [3.8, 4) is 0 Å². The molecule has 1 heterocycles. The summed E-state index contributed by atoms with van der Waals surface area (Å²) in [5.74, 6) is -0.702. The van der Waals surface area contributed by atoms with Gasteiger partial charge in [-0.1, -0.05) is 12.2 Å². The number of hydrogen-bond donors (Lipinski definition) is 0. The Kier molecular flexibility index (Phi) is 4.62. The van der Waals surface area contributed by atoms with E-state index in [9.17, 15) is 10.1 Å². The minimum atomic E-state index is -0.702. The van der Waals surface area contributed by atoms with Gasteiger partial charge in [-0.15, -0.1) is 0 Å². The SMILES string of the molecule is C=C(C)CO[C@@H](C[N+](=O)[O-])[C@@H]1COC(C)(C)O1. The maximum absolute atomic E-state index is 10.6. The second-order valence-electron chi connectivity index (χ2n) is 4.69. The lowest BCUT2D eigenvalue weighted by molar-refractivity contribution is -0.494. The Labute approximate surface area is 101 Å². The highest BCUT2D eigenvalue weighted by Crippen LogP contribution is 2.25. The van der Waals surface area contributed by atoms with Crippen LogP contribution in [0.2, 0.25) is 0 Å². The number of rotatable bonds is 6. The van der Waals surface area contributed by atoms with E-state index in [1.54, 1.807) is 20.8 Å². The van der Waals surface area contributed by atoms with E-state index in [0.29, 0.717) is 13.2 Å². The van der Waals surface area contributed by atoms with Crippen molar-refractivity contribution in [2.75, 3.05) is 19.8 Å². The van der Waals surface area contributed by atoms with Gasteiger partial charge in [0.15, 0.2) is 11.9 Å². The topological polar surface area (TPSA) is 70.8 Å². The van der Waals surface area contributed by atoms with Gasteiger partial charge in [-0.25, -0.2) is 0 Å². The van der Waals surface area contributed by atoms with E-state index in [0.717, 1.165) is 5.57 Å². The Morgan fingerprint density at radius 3 is 2.76 bits per heavy atom. The Hall–Kier alpha value is -0.980. The van der Waals surface area contributed by atoms with Crippen molar-refractivity contribution >= 4 is 0 Å². The average Bonchev–Trinajstić information content (AvgIpc) is 2.52. The second kappa shape index (κ2) is 5.57. The van der Waals surface area contributed by atoms with Gasteiger partial charge in [-0.3, -0.25) is 10.1 Å². The van der Waals surface area contributed by atoms with Gasteiger partial charge in [0.2, 0.25) is 6.54 Å². The van der Waals surface area contributed by atoms with Gasteiger partial charge in [0.1, 0.15) is 6.10 Å². The summed E-state index contributed by atoms with van der Waals surface area (Å²) < 4.78 is 16.4. The molecule has 17 heavy (non-hydrogen) atoms. The third-order valence-electron chi connectivity index (χ3n) is 2.32. The van der Waals surface area contributed by atoms with Crippen molar-refractivity contribution in [3.63, 3.8) is 0 Å². The van der Waals surface area contributed by atoms with Crippen molar-refractivity contribution in [3.05, 3.63) is 22.3 Å². The van der Waals surface area contributed by atoms with Crippen LogP contribution in [0.25, 0.3) is 0 Å². The van der Waals surface area contributed by atoms with Crippen molar-refractivity contribution in [1.29, 1.82) is 0 Å². The molecule has 0 aromatic carbocycles. The molecule has 6 nitrogen and oxygen atoms in total. The Bertz CT molecular complexity index is 302. The minimum Gasteiger partial charge on any atom is -0.364 e. The van der Waals surface area contributed by atoms with Crippen molar-refractivity contribution < 1.29 is 19.1 Å². The summed E-state index contributed by atoms with van der Waals surface area (Å²) in [5.41, 5.74) is 0.816. The molecule has 1 rings (SSSR count).